The monoisotopic (exact) mass is 361 g/mol. The van der Waals surface area contributed by atoms with Gasteiger partial charge < -0.3 is 19.2 Å². The molecule has 0 aliphatic rings. The number of hydrogen-bond acceptors (Lipinski definition) is 5. The van der Waals surface area contributed by atoms with E-state index in [0.717, 1.165) is 0 Å². The first-order chi connectivity index (χ1) is 12.0. The first kappa shape index (κ1) is 16.9. The lowest BCUT2D eigenvalue weighted by Gasteiger charge is -2.12. The van der Waals surface area contributed by atoms with Crippen molar-refractivity contribution in [2.75, 3.05) is 19.5 Å². The van der Waals surface area contributed by atoms with Crippen molar-refractivity contribution in [3.63, 3.8) is 0 Å². The molecule has 2 heterocycles. The van der Waals surface area contributed by atoms with Gasteiger partial charge in [-0.25, -0.2) is 0 Å². The molecule has 0 bridgehead atoms. The minimum absolute atomic E-state index is 0.241. The number of amides is 1. The molecule has 0 aliphatic heterocycles. The van der Waals surface area contributed by atoms with Crippen molar-refractivity contribution in [2.24, 2.45) is 7.05 Å². The van der Waals surface area contributed by atoms with Crippen LogP contribution < -0.4 is 14.8 Å². The normalized spacial score (nSPS) is 10.6. The summed E-state index contributed by atoms with van der Waals surface area (Å²) in [5.74, 6) is 1.08. The van der Waals surface area contributed by atoms with E-state index < -0.39 is 5.91 Å². The standard InChI is InChI=1S/C17H16ClN3O4/c1-21-13(14-5-4-6-25-14)8-12(20-21)17(22)19-11-9-15(23-2)10(18)7-16(11)24-3/h4-9H,1-3H3,(H,19,22). The van der Waals surface area contributed by atoms with E-state index in [4.69, 9.17) is 25.5 Å². The number of nitrogens with zero attached hydrogens (tertiary/aromatic N) is 2. The van der Waals surface area contributed by atoms with E-state index in [1.807, 2.05) is 0 Å². The molecule has 1 aromatic carbocycles. The summed E-state index contributed by atoms with van der Waals surface area (Å²) < 4.78 is 17.4. The number of ether oxygens (including phenoxy) is 2. The molecule has 0 aliphatic carbocycles. The zero-order valence-corrected chi connectivity index (χ0v) is 14.6. The molecule has 7 nitrogen and oxygen atoms in total. The molecule has 0 saturated heterocycles. The van der Waals surface area contributed by atoms with Crippen LogP contribution in [-0.2, 0) is 7.05 Å². The molecular formula is C17H16ClN3O4. The average molecular weight is 362 g/mol. The van der Waals surface area contributed by atoms with Crippen molar-refractivity contribution >= 4 is 23.2 Å². The molecule has 2 aromatic heterocycles. The van der Waals surface area contributed by atoms with Crippen molar-refractivity contribution in [3.8, 4) is 23.0 Å². The Kier molecular flexibility index (Phi) is 4.67. The van der Waals surface area contributed by atoms with E-state index in [-0.39, 0.29) is 5.69 Å². The van der Waals surface area contributed by atoms with Gasteiger partial charge in [-0.1, -0.05) is 11.6 Å². The van der Waals surface area contributed by atoms with Crippen molar-refractivity contribution in [1.29, 1.82) is 0 Å². The fraction of sp³-hybridized carbons (Fsp3) is 0.176. The number of benzene rings is 1. The largest absolute Gasteiger partial charge is 0.495 e. The van der Waals surface area contributed by atoms with Gasteiger partial charge >= 0.3 is 0 Å². The Labute approximate surface area is 149 Å². The molecule has 1 amide bonds. The summed E-state index contributed by atoms with van der Waals surface area (Å²) in [4.78, 5) is 12.6. The fourth-order valence-electron chi connectivity index (χ4n) is 2.38. The fourth-order valence-corrected chi connectivity index (χ4v) is 2.61. The zero-order chi connectivity index (χ0) is 18.0. The minimum atomic E-state index is -0.393. The SMILES string of the molecule is COc1cc(NC(=O)c2cc(-c3ccco3)n(C)n2)c(OC)cc1Cl. The third-order valence-electron chi connectivity index (χ3n) is 3.61. The number of furan rings is 1. The molecule has 130 valence electrons. The van der Waals surface area contributed by atoms with Gasteiger partial charge in [-0.2, -0.15) is 5.10 Å². The quantitative estimate of drug-likeness (QED) is 0.751. The second-order valence-electron chi connectivity index (χ2n) is 5.16. The highest BCUT2D eigenvalue weighted by Crippen LogP contribution is 2.36. The Morgan fingerprint density at radius 2 is 2.00 bits per heavy atom. The van der Waals surface area contributed by atoms with Crippen LogP contribution in [0.4, 0.5) is 5.69 Å². The number of hydrogen-bond donors (Lipinski definition) is 1. The predicted octanol–water partition coefficient (Wildman–Crippen LogP) is 3.60. The van der Waals surface area contributed by atoms with Crippen LogP contribution in [0.5, 0.6) is 11.5 Å². The van der Waals surface area contributed by atoms with Crippen LogP contribution in [-0.4, -0.2) is 29.9 Å². The summed E-state index contributed by atoms with van der Waals surface area (Å²) in [6.45, 7) is 0. The van der Waals surface area contributed by atoms with Crippen LogP contribution in [0.3, 0.4) is 0 Å². The molecule has 0 fully saturated rings. The maximum Gasteiger partial charge on any atom is 0.276 e. The Hall–Kier alpha value is -2.93. The van der Waals surface area contributed by atoms with Gasteiger partial charge in [0.05, 0.1) is 31.2 Å². The number of rotatable bonds is 5. The number of carbonyl (C=O) groups is 1. The van der Waals surface area contributed by atoms with Gasteiger partial charge in [-0.3, -0.25) is 9.48 Å². The second kappa shape index (κ2) is 6.90. The maximum absolute atomic E-state index is 12.6. The number of aryl methyl sites for hydroxylation is 1. The number of aromatic nitrogens is 2. The van der Waals surface area contributed by atoms with E-state index >= 15 is 0 Å². The number of halogens is 1. The van der Waals surface area contributed by atoms with Gasteiger partial charge in [-0.05, 0) is 12.1 Å². The lowest BCUT2D eigenvalue weighted by molar-refractivity contribution is 0.102. The first-order valence-corrected chi connectivity index (χ1v) is 7.72. The maximum atomic E-state index is 12.6. The van der Waals surface area contributed by atoms with E-state index in [1.54, 1.807) is 48.3 Å². The van der Waals surface area contributed by atoms with E-state index in [9.17, 15) is 4.79 Å². The van der Waals surface area contributed by atoms with Gasteiger partial charge in [0.2, 0.25) is 0 Å². The van der Waals surface area contributed by atoms with E-state index in [2.05, 4.69) is 10.4 Å². The topological polar surface area (TPSA) is 78.5 Å². The number of carbonyl (C=O) groups excluding carboxylic acids is 1. The lowest BCUT2D eigenvalue weighted by Crippen LogP contribution is -2.14. The van der Waals surface area contributed by atoms with Gasteiger partial charge in [0.1, 0.15) is 17.2 Å². The predicted molar refractivity (Wildman–Crippen MR) is 93.4 cm³/mol. The van der Waals surface area contributed by atoms with Crippen molar-refractivity contribution in [3.05, 3.63) is 47.3 Å². The van der Waals surface area contributed by atoms with Crippen molar-refractivity contribution in [1.82, 2.24) is 9.78 Å². The Morgan fingerprint density at radius 1 is 1.24 bits per heavy atom. The third kappa shape index (κ3) is 3.32. The molecule has 3 aromatic rings. The Bertz CT molecular complexity index is 903. The lowest BCUT2D eigenvalue weighted by atomic mass is 10.2. The zero-order valence-electron chi connectivity index (χ0n) is 13.9. The van der Waals surface area contributed by atoms with Gasteiger partial charge in [0, 0.05) is 25.2 Å². The van der Waals surface area contributed by atoms with Crippen LogP contribution in [0, 0.1) is 0 Å². The molecule has 25 heavy (non-hydrogen) atoms. The molecule has 0 radical (unpaired) electrons. The van der Waals surface area contributed by atoms with Crippen LogP contribution in [0.2, 0.25) is 5.02 Å². The van der Waals surface area contributed by atoms with Crippen molar-refractivity contribution in [2.45, 2.75) is 0 Å². The van der Waals surface area contributed by atoms with Gasteiger partial charge in [0.25, 0.3) is 5.91 Å². The smallest absolute Gasteiger partial charge is 0.276 e. The molecule has 0 spiro atoms. The molecule has 0 atom stereocenters. The first-order valence-electron chi connectivity index (χ1n) is 7.34. The van der Waals surface area contributed by atoms with E-state index in [0.29, 0.717) is 33.7 Å². The highest BCUT2D eigenvalue weighted by Gasteiger charge is 2.18. The van der Waals surface area contributed by atoms with Crippen LogP contribution in [0.1, 0.15) is 10.5 Å². The Morgan fingerprint density at radius 3 is 2.64 bits per heavy atom. The average Bonchev–Trinajstić information content (AvgIpc) is 3.25. The summed E-state index contributed by atoms with van der Waals surface area (Å²) in [6.07, 6.45) is 1.56. The van der Waals surface area contributed by atoms with Crippen LogP contribution in [0.25, 0.3) is 11.5 Å². The molecule has 1 N–H and O–H groups in total. The molecule has 8 heteroatoms. The van der Waals surface area contributed by atoms with Crippen molar-refractivity contribution < 1.29 is 18.7 Å². The van der Waals surface area contributed by atoms with Crippen LogP contribution >= 0.6 is 11.6 Å². The molecule has 0 saturated carbocycles. The molecule has 3 rings (SSSR count). The summed E-state index contributed by atoms with van der Waals surface area (Å²) in [5, 5.41) is 7.37. The number of anilines is 1. The minimum Gasteiger partial charge on any atom is -0.495 e. The summed E-state index contributed by atoms with van der Waals surface area (Å²) >= 11 is 6.07. The second-order valence-corrected chi connectivity index (χ2v) is 5.56. The summed E-state index contributed by atoms with van der Waals surface area (Å²) in [7, 11) is 4.72. The third-order valence-corrected chi connectivity index (χ3v) is 3.90. The highest BCUT2D eigenvalue weighted by atomic mass is 35.5. The van der Waals surface area contributed by atoms with E-state index in [1.165, 1.54) is 14.2 Å². The molecule has 0 unspecified atom stereocenters. The number of methoxy groups -OCH3 is 2. The Balaban J connectivity index is 1.89. The number of nitrogens with one attached hydrogen (secondary N) is 1. The summed E-state index contributed by atoms with van der Waals surface area (Å²) in [6, 6.07) is 8.38. The van der Waals surface area contributed by atoms with Gasteiger partial charge in [-0.15, -0.1) is 0 Å². The van der Waals surface area contributed by atoms with Crippen LogP contribution in [0.15, 0.2) is 41.0 Å². The van der Waals surface area contributed by atoms with Gasteiger partial charge in [0.15, 0.2) is 11.5 Å². The highest BCUT2D eigenvalue weighted by molar-refractivity contribution is 6.32. The molecular weight excluding hydrogens is 346 g/mol. The summed E-state index contributed by atoms with van der Waals surface area (Å²) in [5.41, 5.74) is 1.36.